The maximum atomic E-state index is 9.95. The molecule has 0 aromatic heterocycles. The number of aliphatic imine (C=N–C) groups is 2. The van der Waals surface area contributed by atoms with E-state index in [1.807, 2.05) is 48.5 Å². The number of rotatable bonds is 4. The number of fused-ring (bicyclic) bond motifs is 1. The number of hydrogen-bond acceptors (Lipinski definition) is 4. The highest BCUT2D eigenvalue weighted by Crippen LogP contribution is 2.34. The van der Waals surface area contributed by atoms with Crippen molar-refractivity contribution in [2.24, 2.45) is 9.98 Å². The molecule has 0 aliphatic carbocycles. The van der Waals surface area contributed by atoms with Crippen LogP contribution in [-0.2, 0) is 0 Å². The van der Waals surface area contributed by atoms with Crippen molar-refractivity contribution in [3.8, 4) is 11.5 Å². The number of benzene rings is 4. The van der Waals surface area contributed by atoms with Crippen LogP contribution in [0.15, 0.2) is 94.9 Å². The van der Waals surface area contributed by atoms with Crippen LogP contribution in [0.25, 0.3) is 10.8 Å². The molecule has 4 nitrogen and oxygen atoms in total. The minimum Gasteiger partial charge on any atom is -0.507 e. The molecule has 4 heteroatoms. The van der Waals surface area contributed by atoms with Crippen LogP contribution in [0.3, 0.4) is 0 Å². The summed E-state index contributed by atoms with van der Waals surface area (Å²) in [6.07, 6.45) is 3.29. The third-order valence-corrected chi connectivity index (χ3v) is 4.42. The zero-order valence-electron chi connectivity index (χ0n) is 15.0. The molecule has 0 fully saturated rings. The van der Waals surface area contributed by atoms with Gasteiger partial charge in [0.25, 0.3) is 0 Å². The molecule has 4 aromatic rings. The summed E-state index contributed by atoms with van der Waals surface area (Å²) < 4.78 is 0. The SMILES string of the molecule is Oc1ccccc1C=Nc1cccc2cccc(N=Cc3ccccc3O)c12. The predicted octanol–water partition coefficient (Wildman–Crippen LogP) is 5.75. The second kappa shape index (κ2) is 7.76. The summed E-state index contributed by atoms with van der Waals surface area (Å²) >= 11 is 0. The van der Waals surface area contributed by atoms with Crippen molar-refractivity contribution in [3.05, 3.63) is 96.1 Å². The van der Waals surface area contributed by atoms with Crippen LogP contribution in [0.4, 0.5) is 11.4 Å². The van der Waals surface area contributed by atoms with Crippen molar-refractivity contribution >= 4 is 34.6 Å². The summed E-state index contributed by atoms with van der Waals surface area (Å²) in [6.45, 7) is 0. The van der Waals surface area contributed by atoms with E-state index >= 15 is 0 Å². The molecule has 4 rings (SSSR count). The van der Waals surface area contributed by atoms with E-state index in [0.29, 0.717) is 11.1 Å². The van der Waals surface area contributed by atoms with Crippen LogP contribution in [-0.4, -0.2) is 22.6 Å². The number of hydrogen-bond donors (Lipinski definition) is 2. The topological polar surface area (TPSA) is 65.2 Å². The van der Waals surface area contributed by atoms with Gasteiger partial charge < -0.3 is 10.2 Å². The number of aromatic hydroxyl groups is 2. The molecule has 28 heavy (non-hydrogen) atoms. The number of phenols is 2. The molecule has 0 saturated carbocycles. The average molecular weight is 366 g/mol. The molecule has 0 bridgehead atoms. The van der Waals surface area contributed by atoms with E-state index in [-0.39, 0.29) is 11.5 Å². The summed E-state index contributed by atoms with van der Waals surface area (Å²) in [5, 5.41) is 21.8. The monoisotopic (exact) mass is 366 g/mol. The van der Waals surface area contributed by atoms with Crippen molar-refractivity contribution in [3.63, 3.8) is 0 Å². The van der Waals surface area contributed by atoms with Gasteiger partial charge in [0.1, 0.15) is 11.5 Å². The van der Waals surface area contributed by atoms with Gasteiger partial charge in [-0.2, -0.15) is 0 Å². The maximum absolute atomic E-state index is 9.95. The molecule has 136 valence electrons. The minimum atomic E-state index is 0.185. The zero-order valence-corrected chi connectivity index (χ0v) is 15.0. The minimum absolute atomic E-state index is 0.185. The number of para-hydroxylation sites is 2. The fraction of sp³-hybridized carbons (Fsp3) is 0. The summed E-state index contributed by atoms with van der Waals surface area (Å²) in [6, 6.07) is 25.9. The van der Waals surface area contributed by atoms with Gasteiger partial charge >= 0.3 is 0 Å². The highest BCUT2D eigenvalue weighted by molar-refractivity contribution is 6.04. The quantitative estimate of drug-likeness (QED) is 0.452. The van der Waals surface area contributed by atoms with Gasteiger partial charge in [-0.15, -0.1) is 0 Å². The van der Waals surface area contributed by atoms with E-state index in [1.54, 1.807) is 48.8 Å². The lowest BCUT2D eigenvalue weighted by molar-refractivity contribution is 0.474. The first-order chi connectivity index (χ1) is 13.7. The van der Waals surface area contributed by atoms with E-state index in [1.165, 1.54) is 0 Å². The van der Waals surface area contributed by atoms with Crippen LogP contribution in [0.1, 0.15) is 11.1 Å². The Morgan fingerprint density at radius 2 is 1.00 bits per heavy atom. The van der Waals surface area contributed by atoms with E-state index in [2.05, 4.69) is 9.98 Å². The van der Waals surface area contributed by atoms with Crippen molar-refractivity contribution in [1.29, 1.82) is 0 Å². The third-order valence-electron chi connectivity index (χ3n) is 4.42. The van der Waals surface area contributed by atoms with E-state index in [9.17, 15) is 10.2 Å². The summed E-state index contributed by atoms with van der Waals surface area (Å²) in [4.78, 5) is 9.18. The first-order valence-electron chi connectivity index (χ1n) is 8.88. The smallest absolute Gasteiger partial charge is 0.124 e. The molecule has 0 radical (unpaired) electrons. The molecular formula is C24H18N2O2. The Hall–Kier alpha value is -3.92. The van der Waals surface area contributed by atoms with Crippen LogP contribution in [0.5, 0.6) is 11.5 Å². The second-order valence-electron chi connectivity index (χ2n) is 6.29. The Balaban J connectivity index is 1.78. The largest absolute Gasteiger partial charge is 0.507 e. The lowest BCUT2D eigenvalue weighted by atomic mass is 10.1. The average Bonchev–Trinajstić information content (AvgIpc) is 2.72. The summed E-state index contributed by atoms with van der Waals surface area (Å²) in [5.41, 5.74) is 2.81. The Morgan fingerprint density at radius 1 is 0.536 bits per heavy atom. The Labute approximate surface area is 162 Å². The fourth-order valence-electron chi connectivity index (χ4n) is 2.99. The first-order valence-corrected chi connectivity index (χ1v) is 8.88. The van der Waals surface area contributed by atoms with Crippen molar-refractivity contribution in [1.82, 2.24) is 0 Å². The number of phenolic OH excluding ortho intramolecular Hbond substituents is 2. The van der Waals surface area contributed by atoms with E-state index in [4.69, 9.17) is 0 Å². The third kappa shape index (κ3) is 3.62. The molecule has 4 aromatic carbocycles. The lowest BCUT2D eigenvalue weighted by Gasteiger charge is -2.06. The van der Waals surface area contributed by atoms with Crippen molar-refractivity contribution < 1.29 is 10.2 Å². The fourth-order valence-corrected chi connectivity index (χ4v) is 2.99. The van der Waals surface area contributed by atoms with Gasteiger partial charge in [0.05, 0.1) is 11.4 Å². The van der Waals surface area contributed by atoms with Gasteiger partial charge in [0, 0.05) is 28.9 Å². The van der Waals surface area contributed by atoms with E-state index < -0.39 is 0 Å². The molecule has 0 unspecified atom stereocenters. The first kappa shape index (κ1) is 17.5. The van der Waals surface area contributed by atoms with Crippen molar-refractivity contribution in [2.45, 2.75) is 0 Å². The van der Waals surface area contributed by atoms with Gasteiger partial charge in [-0.3, -0.25) is 9.98 Å². The van der Waals surface area contributed by atoms with Gasteiger partial charge in [0.2, 0.25) is 0 Å². The highest BCUT2D eigenvalue weighted by Gasteiger charge is 2.05. The van der Waals surface area contributed by atoms with Crippen LogP contribution < -0.4 is 0 Å². The Morgan fingerprint density at radius 3 is 1.46 bits per heavy atom. The molecule has 0 atom stereocenters. The molecule has 0 spiro atoms. The van der Waals surface area contributed by atoms with Crippen LogP contribution >= 0.6 is 0 Å². The zero-order chi connectivity index (χ0) is 19.3. The molecule has 0 amide bonds. The van der Waals surface area contributed by atoms with Gasteiger partial charge in [-0.05, 0) is 41.8 Å². The maximum Gasteiger partial charge on any atom is 0.124 e. The number of nitrogens with zero attached hydrogens (tertiary/aromatic N) is 2. The molecule has 0 heterocycles. The summed E-state index contributed by atoms with van der Waals surface area (Å²) in [5.74, 6) is 0.369. The molecule has 0 aliphatic rings. The van der Waals surface area contributed by atoms with Gasteiger partial charge in [-0.1, -0.05) is 48.5 Å². The Kier molecular flexibility index (Phi) is 4.85. The summed E-state index contributed by atoms with van der Waals surface area (Å²) in [7, 11) is 0. The van der Waals surface area contributed by atoms with Crippen molar-refractivity contribution in [2.75, 3.05) is 0 Å². The standard InChI is InChI=1S/C24H18N2O2/c27-22-13-3-1-7-18(22)15-25-20-11-5-9-17-10-6-12-21(24(17)20)26-16-19-8-2-4-14-23(19)28/h1-16,27-28H. The van der Waals surface area contributed by atoms with Crippen LogP contribution in [0, 0.1) is 0 Å². The highest BCUT2D eigenvalue weighted by atomic mass is 16.3. The second-order valence-corrected chi connectivity index (χ2v) is 6.29. The van der Waals surface area contributed by atoms with Gasteiger partial charge in [-0.25, -0.2) is 0 Å². The predicted molar refractivity (Wildman–Crippen MR) is 115 cm³/mol. The normalized spacial score (nSPS) is 11.6. The molecule has 0 saturated heterocycles. The molecule has 2 N–H and O–H groups in total. The Bertz CT molecular complexity index is 1110. The van der Waals surface area contributed by atoms with Gasteiger partial charge in [0.15, 0.2) is 0 Å². The molecule has 0 aliphatic heterocycles. The molecular weight excluding hydrogens is 348 g/mol. The van der Waals surface area contributed by atoms with E-state index in [0.717, 1.165) is 22.1 Å². The lowest BCUT2D eigenvalue weighted by Crippen LogP contribution is -1.83. The van der Waals surface area contributed by atoms with Crippen LogP contribution in [0.2, 0.25) is 0 Å².